The largest absolute Gasteiger partial charge is 0.450 e. The number of para-hydroxylation sites is 2. The molecule has 4 rings (SSSR count). The molecule has 2 aromatic heterocycles. The second kappa shape index (κ2) is 5.23. The summed E-state index contributed by atoms with van der Waals surface area (Å²) in [5.74, 6) is -0.866. The van der Waals surface area contributed by atoms with Gasteiger partial charge in [0.25, 0.3) is 0 Å². The lowest BCUT2D eigenvalue weighted by molar-refractivity contribution is -0.145. The number of benzene rings is 2. The molecular formula is C19H15F3N2. The third-order valence-electron chi connectivity index (χ3n) is 4.33. The van der Waals surface area contributed by atoms with Gasteiger partial charge in [0.15, 0.2) is 0 Å². The zero-order valence-electron chi connectivity index (χ0n) is 13.1. The Morgan fingerprint density at radius 2 is 1.62 bits per heavy atom. The molecular weight excluding hydrogens is 313 g/mol. The summed E-state index contributed by atoms with van der Waals surface area (Å²) in [4.78, 5) is 3.94. The first-order valence-electron chi connectivity index (χ1n) is 7.90. The summed E-state index contributed by atoms with van der Waals surface area (Å²) in [6, 6.07) is 14.3. The number of fused-ring (bicyclic) bond motifs is 5. The predicted molar refractivity (Wildman–Crippen MR) is 89.2 cm³/mol. The van der Waals surface area contributed by atoms with Gasteiger partial charge in [0, 0.05) is 10.8 Å². The first kappa shape index (κ1) is 15.0. The van der Waals surface area contributed by atoms with Crippen LogP contribution in [-0.4, -0.2) is 9.38 Å². The van der Waals surface area contributed by atoms with E-state index >= 15 is 0 Å². The Morgan fingerprint density at radius 1 is 0.958 bits per heavy atom. The lowest BCUT2D eigenvalue weighted by atomic mass is 10.0. The third kappa shape index (κ3) is 2.08. The van der Waals surface area contributed by atoms with Crippen molar-refractivity contribution < 1.29 is 13.2 Å². The van der Waals surface area contributed by atoms with Crippen molar-refractivity contribution in [3.8, 4) is 0 Å². The maximum atomic E-state index is 13.7. The highest BCUT2D eigenvalue weighted by Gasteiger charge is 2.37. The van der Waals surface area contributed by atoms with Gasteiger partial charge in [0.2, 0.25) is 5.82 Å². The average molecular weight is 328 g/mol. The van der Waals surface area contributed by atoms with Gasteiger partial charge in [0.05, 0.1) is 16.6 Å². The summed E-state index contributed by atoms with van der Waals surface area (Å²) < 4.78 is 42.3. The van der Waals surface area contributed by atoms with Crippen molar-refractivity contribution in [1.82, 2.24) is 9.38 Å². The molecule has 4 aromatic rings. The van der Waals surface area contributed by atoms with E-state index in [4.69, 9.17) is 0 Å². The van der Waals surface area contributed by atoms with E-state index in [1.54, 1.807) is 24.3 Å². The molecule has 5 heteroatoms. The van der Waals surface area contributed by atoms with Gasteiger partial charge in [0.1, 0.15) is 0 Å². The maximum absolute atomic E-state index is 13.7. The fraction of sp³-hybridized carbons (Fsp3) is 0.211. The van der Waals surface area contributed by atoms with E-state index in [0.29, 0.717) is 16.6 Å². The van der Waals surface area contributed by atoms with Gasteiger partial charge < -0.3 is 0 Å². The minimum absolute atomic E-state index is 0.373. The zero-order valence-corrected chi connectivity index (χ0v) is 13.1. The number of aromatic nitrogens is 2. The van der Waals surface area contributed by atoms with Gasteiger partial charge in [-0.05, 0) is 24.1 Å². The summed E-state index contributed by atoms with van der Waals surface area (Å²) in [7, 11) is 0. The van der Waals surface area contributed by atoms with Crippen molar-refractivity contribution in [3.63, 3.8) is 0 Å². The van der Waals surface area contributed by atoms with Crippen molar-refractivity contribution in [1.29, 1.82) is 0 Å². The molecule has 0 saturated heterocycles. The summed E-state index contributed by atoms with van der Waals surface area (Å²) in [5.41, 5.74) is 2.51. The van der Waals surface area contributed by atoms with Gasteiger partial charge >= 0.3 is 6.18 Å². The topological polar surface area (TPSA) is 17.3 Å². The number of nitrogens with zero attached hydrogens (tertiary/aromatic N) is 2. The third-order valence-corrected chi connectivity index (χ3v) is 4.33. The second-order valence-corrected chi connectivity index (χ2v) is 5.88. The lowest BCUT2D eigenvalue weighted by Gasteiger charge is -2.13. The number of halogens is 3. The minimum atomic E-state index is -4.52. The predicted octanol–water partition coefficient (Wildman–Crippen LogP) is 5.61. The number of hydrogen-bond acceptors (Lipinski definition) is 1. The van der Waals surface area contributed by atoms with Gasteiger partial charge in [-0.1, -0.05) is 49.7 Å². The van der Waals surface area contributed by atoms with E-state index in [1.165, 1.54) is 4.40 Å². The van der Waals surface area contributed by atoms with Gasteiger partial charge in [-0.25, -0.2) is 4.98 Å². The number of aryl methyl sites for hydroxylation is 1. The van der Waals surface area contributed by atoms with Gasteiger partial charge in [-0.2, -0.15) is 13.2 Å². The van der Waals surface area contributed by atoms with Crippen LogP contribution in [-0.2, 0) is 12.6 Å². The Labute approximate surface area is 136 Å². The fourth-order valence-electron chi connectivity index (χ4n) is 3.44. The molecule has 122 valence electrons. The van der Waals surface area contributed by atoms with Crippen LogP contribution < -0.4 is 0 Å². The van der Waals surface area contributed by atoms with Crippen LogP contribution in [0.3, 0.4) is 0 Å². The molecule has 0 unspecified atom stereocenters. The smallest absolute Gasteiger partial charge is 0.289 e. The molecule has 0 saturated carbocycles. The maximum Gasteiger partial charge on any atom is 0.450 e. The Balaban J connectivity index is 2.34. The molecule has 24 heavy (non-hydrogen) atoms. The van der Waals surface area contributed by atoms with Crippen LogP contribution in [0.1, 0.15) is 24.7 Å². The summed E-state index contributed by atoms with van der Waals surface area (Å²) in [6.45, 7) is 2.03. The average Bonchev–Trinajstić information content (AvgIpc) is 2.89. The van der Waals surface area contributed by atoms with Crippen LogP contribution in [0.2, 0.25) is 0 Å². The van der Waals surface area contributed by atoms with E-state index in [-0.39, 0.29) is 0 Å². The lowest BCUT2D eigenvalue weighted by Crippen LogP contribution is -2.14. The van der Waals surface area contributed by atoms with Crippen LogP contribution in [0.25, 0.3) is 27.3 Å². The fourth-order valence-corrected chi connectivity index (χ4v) is 3.44. The summed E-state index contributed by atoms with van der Waals surface area (Å²) >= 11 is 0. The Kier molecular flexibility index (Phi) is 3.27. The molecule has 0 N–H and O–H groups in total. The first-order chi connectivity index (χ1) is 11.5. The molecule has 0 bridgehead atoms. The quantitative estimate of drug-likeness (QED) is 0.467. The van der Waals surface area contributed by atoms with E-state index in [0.717, 1.165) is 29.2 Å². The SMILES string of the molecule is CCCc1c2ccccc2n2c(C(F)(F)F)nc3ccccc3c12. The molecule has 0 aliphatic carbocycles. The molecule has 0 aliphatic rings. The monoisotopic (exact) mass is 328 g/mol. The highest BCUT2D eigenvalue weighted by Crippen LogP contribution is 2.37. The molecule has 0 spiro atoms. The van der Waals surface area contributed by atoms with E-state index in [1.807, 2.05) is 31.2 Å². The molecule has 2 nitrogen and oxygen atoms in total. The van der Waals surface area contributed by atoms with Crippen molar-refractivity contribution in [2.24, 2.45) is 0 Å². The van der Waals surface area contributed by atoms with E-state index < -0.39 is 12.0 Å². The zero-order chi connectivity index (χ0) is 16.9. The van der Waals surface area contributed by atoms with Crippen molar-refractivity contribution >= 4 is 27.3 Å². The number of alkyl halides is 3. The molecule has 0 radical (unpaired) electrons. The van der Waals surface area contributed by atoms with Crippen LogP contribution >= 0.6 is 0 Å². The molecule has 2 heterocycles. The van der Waals surface area contributed by atoms with Crippen LogP contribution in [0, 0.1) is 0 Å². The second-order valence-electron chi connectivity index (χ2n) is 5.88. The highest BCUT2D eigenvalue weighted by molar-refractivity contribution is 6.04. The van der Waals surface area contributed by atoms with Crippen LogP contribution in [0.4, 0.5) is 13.2 Å². The minimum Gasteiger partial charge on any atom is -0.289 e. The van der Waals surface area contributed by atoms with Crippen molar-refractivity contribution in [3.05, 3.63) is 59.9 Å². The summed E-state index contributed by atoms with van der Waals surface area (Å²) in [5, 5.41) is 1.62. The van der Waals surface area contributed by atoms with E-state index in [2.05, 4.69) is 4.98 Å². The molecule has 0 atom stereocenters. The van der Waals surface area contributed by atoms with Gasteiger partial charge in [-0.3, -0.25) is 4.40 Å². The molecule has 0 aliphatic heterocycles. The van der Waals surface area contributed by atoms with Crippen LogP contribution in [0.5, 0.6) is 0 Å². The van der Waals surface area contributed by atoms with E-state index in [9.17, 15) is 13.2 Å². The highest BCUT2D eigenvalue weighted by atomic mass is 19.4. The molecule has 0 amide bonds. The van der Waals surface area contributed by atoms with Crippen molar-refractivity contribution in [2.45, 2.75) is 25.9 Å². The normalized spacial score (nSPS) is 12.5. The Hall–Kier alpha value is -2.56. The van der Waals surface area contributed by atoms with Gasteiger partial charge in [-0.15, -0.1) is 0 Å². The number of rotatable bonds is 2. The van der Waals surface area contributed by atoms with Crippen molar-refractivity contribution in [2.75, 3.05) is 0 Å². The Bertz CT molecular complexity index is 1060. The van der Waals surface area contributed by atoms with Crippen LogP contribution in [0.15, 0.2) is 48.5 Å². The Morgan fingerprint density at radius 3 is 2.33 bits per heavy atom. The molecule has 2 aromatic carbocycles. The standard InChI is InChI=1S/C19H15F3N2/c1-2-7-13-12-8-4-6-11-16(12)24-17(13)14-9-3-5-10-15(14)23-18(24)19(20,21)22/h3-6,8-11H,2,7H2,1H3. The summed E-state index contributed by atoms with van der Waals surface area (Å²) in [6.07, 6.45) is -2.93. The number of hydrogen-bond donors (Lipinski definition) is 0. The molecule has 0 fully saturated rings. The first-order valence-corrected chi connectivity index (χ1v) is 7.90.